The molecule has 7 heteroatoms. The number of rotatable bonds is 5. The van der Waals surface area contributed by atoms with E-state index in [4.69, 9.17) is 4.74 Å². The third-order valence-electron chi connectivity index (χ3n) is 3.48. The smallest absolute Gasteiger partial charge is 0.305 e. The number of non-ortho nitro benzene ring substituents is 1. The third-order valence-corrected chi connectivity index (χ3v) is 4.36. The fourth-order valence-corrected chi connectivity index (χ4v) is 2.92. The van der Waals surface area contributed by atoms with Crippen molar-refractivity contribution < 1.29 is 9.66 Å². The minimum absolute atomic E-state index is 0.0560. The number of nitro groups is 1. The number of nitrogens with one attached hydrogen (secondary N) is 1. The van der Waals surface area contributed by atoms with Gasteiger partial charge in [0, 0.05) is 12.1 Å². The summed E-state index contributed by atoms with van der Waals surface area (Å²) in [6.07, 6.45) is 1.88. The topological polar surface area (TPSA) is 85.2 Å². The quantitative estimate of drug-likeness (QED) is 0.562. The molecule has 0 radical (unpaired) electrons. The molecule has 0 bridgehead atoms. The van der Waals surface area contributed by atoms with E-state index in [2.05, 4.69) is 11.6 Å². The van der Waals surface area contributed by atoms with Gasteiger partial charge in [0.15, 0.2) is 0 Å². The van der Waals surface area contributed by atoms with Gasteiger partial charge in [0.05, 0.1) is 14.8 Å². The Kier molecular flexibility index (Phi) is 4.76. The van der Waals surface area contributed by atoms with E-state index in [9.17, 15) is 14.9 Å². The van der Waals surface area contributed by atoms with Crippen LogP contribution < -0.4 is 19.5 Å². The Morgan fingerprint density at radius 2 is 1.84 bits per heavy atom. The van der Waals surface area contributed by atoms with Gasteiger partial charge in [-0.1, -0.05) is 30.0 Å². The molecular weight excluding hydrogens is 340 g/mol. The lowest BCUT2D eigenvalue weighted by atomic mass is 10.2. The van der Waals surface area contributed by atoms with Gasteiger partial charge in [-0.2, -0.15) is 0 Å². The first-order chi connectivity index (χ1) is 12.0. The van der Waals surface area contributed by atoms with Crippen LogP contribution in [0.15, 0.2) is 53.3 Å². The predicted octanol–water partition coefficient (Wildman–Crippen LogP) is 2.16. The molecule has 0 aliphatic carbocycles. The van der Waals surface area contributed by atoms with Crippen molar-refractivity contribution in [1.82, 2.24) is 4.98 Å². The summed E-state index contributed by atoms with van der Waals surface area (Å²) in [7, 11) is 0. The van der Waals surface area contributed by atoms with Gasteiger partial charge in [-0.25, -0.2) is 0 Å². The van der Waals surface area contributed by atoms with Crippen molar-refractivity contribution >= 4 is 29.7 Å². The normalized spacial score (nSPS) is 11.4. The number of aromatic nitrogens is 1. The van der Waals surface area contributed by atoms with E-state index in [1.165, 1.54) is 12.1 Å². The lowest BCUT2D eigenvalue weighted by Crippen LogP contribution is -2.19. The molecule has 1 N–H and O–H groups in total. The van der Waals surface area contributed by atoms with Crippen LogP contribution in [0.25, 0.3) is 12.7 Å². The fraction of sp³-hybridized carbons (Fsp3) is 0.0556. The SMILES string of the molecule is C=c1[nH]c(=O)s/c1=C\c1ccc(OCc2ccc([N+](=O)[O-])cc2)cc1. The second-order valence-corrected chi connectivity index (χ2v) is 6.30. The van der Waals surface area contributed by atoms with E-state index in [1.807, 2.05) is 30.3 Å². The van der Waals surface area contributed by atoms with Crippen LogP contribution >= 0.6 is 11.3 Å². The van der Waals surface area contributed by atoms with Crippen molar-refractivity contribution in [2.75, 3.05) is 0 Å². The summed E-state index contributed by atoms with van der Waals surface area (Å²) in [5, 5.41) is 11.2. The van der Waals surface area contributed by atoms with Gasteiger partial charge in [-0.05, 0) is 41.5 Å². The second-order valence-electron chi connectivity index (χ2n) is 5.28. The van der Waals surface area contributed by atoms with Crippen LogP contribution in [0, 0.1) is 10.1 Å². The number of nitrogens with zero attached hydrogens (tertiary/aromatic N) is 1. The molecule has 25 heavy (non-hydrogen) atoms. The Morgan fingerprint density at radius 1 is 1.16 bits per heavy atom. The Morgan fingerprint density at radius 3 is 2.40 bits per heavy atom. The zero-order valence-corrected chi connectivity index (χ0v) is 13.9. The molecule has 0 aliphatic rings. The van der Waals surface area contributed by atoms with Gasteiger partial charge in [0.1, 0.15) is 12.4 Å². The largest absolute Gasteiger partial charge is 0.489 e. The van der Waals surface area contributed by atoms with Gasteiger partial charge < -0.3 is 9.72 Å². The molecule has 0 saturated carbocycles. The number of thiazole rings is 1. The van der Waals surface area contributed by atoms with Gasteiger partial charge >= 0.3 is 4.87 Å². The van der Waals surface area contributed by atoms with E-state index in [1.54, 1.807) is 12.1 Å². The van der Waals surface area contributed by atoms with Gasteiger partial charge in [-0.15, -0.1) is 0 Å². The summed E-state index contributed by atoms with van der Waals surface area (Å²) >= 11 is 1.12. The molecule has 1 aromatic heterocycles. The first-order valence-corrected chi connectivity index (χ1v) is 8.19. The molecule has 126 valence electrons. The van der Waals surface area contributed by atoms with Crippen molar-refractivity contribution in [2.24, 2.45) is 0 Å². The molecule has 0 aliphatic heterocycles. The Hall–Kier alpha value is -3.19. The van der Waals surface area contributed by atoms with E-state index in [-0.39, 0.29) is 10.6 Å². The molecule has 0 amide bonds. The van der Waals surface area contributed by atoms with E-state index in [0.29, 0.717) is 17.7 Å². The van der Waals surface area contributed by atoms with E-state index < -0.39 is 4.92 Å². The van der Waals surface area contributed by atoms with Gasteiger partial charge in [-0.3, -0.25) is 14.9 Å². The zero-order chi connectivity index (χ0) is 17.8. The van der Waals surface area contributed by atoms with E-state index in [0.717, 1.165) is 27.0 Å². The Bertz CT molecular complexity index is 1050. The average Bonchev–Trinajstić information content (AvgIpc) is 2.92. The van der Waals surface area contributed by atoms with Crippen molar-refractivity contribution in [3.8, 4) is 5.75 Å². The molecule has 2 aromatic carbocycles. The van der Waals surface area contributed by atoms with Crippen molar-refractivity contribution in [3.63, 3.8) is 0 Å². The van der Waals surface area contributed by atoms with Crippen molar-refractivity contribution in [1.29, 1.82) is 0 Å². The maximum atomic E-state index is 11.3. The molecule has 3 rings (SSSR count). The molecule has 0 saturated heterocycles. The average molecular weight is 354 g/mol. The predicted molar refractivity (Wildman–Crippen MR) is 97.1 cm³/mol. The molecule has 6 nitrogen and oxygen atoms in total. The van der Waals surface area contributed by atoms with Crippen molar-refractivity contribution in [3.05, 3.63) is 89.3 Å². The summed E-state index contributed by atoms with van der Waals surface area (Å²) in [6.45, 7) is 4.11. The highest BCUT2D eigenvalue weighted by Gasteiger charge is 2.04. The number of ether oxygens (including phenoxy) is 1. The molecular formula is C18H14N2O4S. The summed E-state index contributed by atoms with van der Waals surface area (Å²) in [5.74, 6) is 0.688. The highest BCUT2D eigenvalue weighted by molar-refractivity contribution is 7.07. The van der Waals surface area contributed by atoms with Crippen LogP contribution in [0.3, 0.4) is 0 Å². The summed E-state index contributed by atoms with van der Waals surface area (Å²) < 4.78 is 6.47. The molecule has 0 fully saturated rings. The lowest BCUT2D eigenvalue weighted by molar-refractivity contribution is -0.384. The molecule has 1 heterocycles. The Balaban J connectivity index is 1.67. The summed E-state index contributed by atoms with van der Waals surface area (Å²) in [5.41, 5.74) is 1.84. The third kappa shape index (κ3) is 4.21. The van der Waals surface area contributed by atoms with Crippen LogP contribution in [-0.2, 0) is 6.61 Å². The number of H-pyrrole nitrogens is 1. The highest BCUT2D eigenvalue weighted by Crippen LogP contribution is 2.16. The minimum atomic E-state index is -0.432. The number of aromatic amines is 1. The molecule has 0 atom stereocenters. The number of hydrogen-bond donors (Lipinski definition) is 1. The monoisotopic (exact) mass is 354 g/mol. The summed E-state index contributed by atoms with van der Waals surface area (Å²) in [4.78, 5) is 24.0. The van der Waals surface area contributed by atoms with Crippen LogP contribution in [0.1, 0.15) is 11.1 Å². The second kappa shape index (κ2) is 7.14. The number of benzene rings is 2. The standard InChI is InChI=1S/C18H14N2O4S/c1-12-17(25-18(21)19-12)10-13-4-8-16(9-5-13)24-11-14-2-6-15(7-3-14)20(22)23/h2-10H,1,11H2,(H,19,21)/b17-10-. The van der Waals surface area contributed by atoms with Crippen LogP contribution in [0.5, 0.6) is 5.75 Å². The highest BCUT2D eigenvalue weighted by atomic mass is 32.1. The minimum Gasteiger partial charge on any atom is -0.489 e. The summed E-state index contributed by atoms with van der Waals surface area (Å²) in [6, 6.07) is 13.7. The fourth-order valence-electron chi connectivity index (χ4n) is 2.18. The van der Waals surface area contributed by atoms with Crippen LogP contribution in [0.4, 0.5) is 5.69 Å². The molecule has 0 unspecified atom stereocenters. The van der Waals surface area contributed by atoms with Crippen molar-refractivity contribution in [2.45, 2.75) is 6.61 Å². The van der Waals surface area contributed by atoms with Gasteiger partial charge in [0.25, 0.3) is 5.69 Å². The van der Waals surface area contributed by atoms with E-state index >= 15 is 0 Å². The number of hydrogen-bond acceptors (Lipinski definition) is 5. The maximum Gasteiger partial charge on any atom is 0.305 e. The molecule has 0 spiro atoms. The molecule has 3 aromatic rings. The number of nitro benzene ring substituents is 1. The van der Waals surface area contributed by atoms with Crippen LogP contribution in [-0.4, -0.2) is 9.91 Å². The zero-order valence-electron chi connectivity index (χ0n) is 13.1. The van der Waals surface area contributed by atoms with Crippen LogP contribution in [0.2, 0.25) is 0 Å². The first-order valence-electron chi connectivity index (χ1n) is 7.37. The Labute approximate surface area is 146 Å². The van der Waals surface area contributed by atoms with Gasteiger partial charge in [0.2, 0.25) is 0 Å². The lowest BCUT2D eigenvalue weighted by Gasteiger charge is -2.06. The maximum absolute atomic E-state index is 11.3. The first kappa shape index (κ1) is 16.7.